The van der Waals surface area contributed by atoms with E-state index in [1.807, 2.05) is 53.9 Å². The number of aliphatic hydroxyl groups excluding tert-OH is 1. The molecule has 1 aromatic heterocycles. The summed E-state index contributed by atoms with van der Waals surface area (Å²) in [6.45, 7) is 0.210. The van der Waals surface area contributed by atoms with Crippen molar-refractivity contribution in [2.24, 2.45) is 0 Å². The summed E-state index contributed by atoms with van der Waals surface area (Å²) >= 11 is 1.45. The van der Waals surface area contributed by atoms with E-state index in [0.29, 0.717) is 17.9 Å². The van der Waals surface area contributed by atoms with Crippen LogP contribution in [0.5, 0.6) is 11.5 Å². The first-order valence-corrected chi connectivity index (χ1v) is 11.5. The number of Topliss-reactive ketones (excluding diaryl/α,β-unsaturated/α-hetero) is 1. The smallest absolute Gasteiger partial charge is 0.290 e. The van der Waals surface area contributed by atoms with Crippen LogP contribution >= 0.6 is 11.3 Å². The molecule has 7 heteroatoms. The summed E-state index contributed by atoms with van der Waals surface area (Å²) in [4.78, 5) is 28.7. The Kier molecular flexibility index (Phi) is 6.79. The predicted octanol–water partition coefficient (Wildman–Crippen LogP) is 4.86. The molecule has 4 rings (SSSR count). The summed E-state index contributed by atoms with van der Waals surface area (Å²) in [5, 5.41) is 12.7. The number of benzene rings is 2. The van der Waals surface area contributed by atoms with Gasteiger partial charge in [-0.2, -0.15) is 0 Å². The van der Waals surface area contributed by atoms with Crippen molar-refractivity contribution in [3.63, 3.8) is 0 Å². The second-order valence-electron chi connectivity index (χ2n) is 7.71. The summed E-state index contributed by atoms with van der Waals surface area (Å²) in [6.07, 6.45) is 0.750. The molecule has 1 amide bonds. The molecular weight excluding hydrogens is 438 g/mol. The highest BCUT2D eigenvalue weighted by atomic mass is 32.1. The van der Waals surface area contributed by atoms with Crippen LogP contribution < -0.4 is 9.47 Å². The Morgan fingerprint density at radius 3 is 2.42 bits per heavy atom. The number of rotatable bonds is 9. The van der Waals surface area contributed by atoms with Crippen LogP contribution in [0, 0.1) is 0 Å². The number of carbonyl (C=O) groups is 2. The van der Waals surface area contributed by atoms with E-state index < -0.39 is 17.7 Å². The number of carbonyl (C=O) groups excluding carboxylic acids is 2. The second-order valence-corrected chi connectivity index (χ2v) is 8.69. The van der Waals surface area contributed by atoms with Crippen LogP contribution in [-0.2, 0) is 22.6 Å². The van der Waals surface area contributed by atoms with Gasteiger partial charge in [-0.3, -0.25) is 9.59 Å². The number of aliphatic hydroxyl groups is 1. The van der Waals surface area contributed by atoms with Crippen molar-refractivity contribution in [3.05, 3.63) is 93.4 Å². The zero-order valence-electron chi connectivity index (χ0n) is 18.5. The molecule has 0 saturated carbocycles. The van der Waals surface area contributed by atoms with Gasteiger partial charge in [0, 0.05) is 17.8 Å². The van der Waals surface area contributed by atoms with Gasteiger partial charge in [-0.25, -0.2) is 0 Å². The van der Waals surface area contributed by atoms with Gasteiger partial charge in [-0.05, 0) is 41.1 Å². The quantitative estimate of drug-likeness (QED) is 0.490. The average molecular weight is 464 g/mol. The number of nitrogens with zero attached hydrogens (tertiary/aromatic N) is 1. The molecular formula is C26H25NO5S. The zero-order chi connectivity index (χ0) is 23.4. The fraction of sp³-hybridized carbons (Fsp3) is 0.231. The first kappa shape index (κ1) is 22.6. The molecule has 3 aromatic rings. The van der Waals surface area contributed by atoms with E-state index >= 15 is 0 Å². The topological polar surface area (TPSA) is 76.1 Å². The van der Waals surface area contributed by atoms with Crippen molar-refractivity contribution in [1.29, 1.82) is 0 Å². The SMILES string of the molecule is COc1ccc(CN2C(=O)C(O)=C(C(=O)CCc3ccccc3)C2c2cccs2)cc1OC. The van der Waals surface area contributed by atoms with E-state index in [9.17, 15) is 14.7 Å². The van der Waals surface area contributed by atoms with Gasteiger partial charge in [0.2, 0.25) is 0 Å². The van der Waals surface area contributed by atoms with E-state index in [1.165, 1.54) is 16.2 Å². The van der Waals surface area contributed by atoms with Gasteiger partial charge < -0.3 is 19.5 Å². The second kappa shape index (κ2) is 9.92. The number of hydrogen-bond donors (Lipinski definition) is 1. The lowest BCUT2D eigenvalue weighted by atomic mass is 9.97. The lowest BCUT2D eigenvalue weighted by Crippen LogP contribution is -2.30. The molecule has 0 fully saturated rings. The van der Waals surface area contributed by atoms with Gasteiger partial charge in [-0.1, -0.05) is 42.5 Å². The lowest BCUT2D eigenvalue weighted by Gasteiger charge is -2.26. The maximum absolute atomic E-state index is 13.2. The number of ketones is 1. The standard InChI is InChI=1S/C26H25NO5S/c1-31-20-13-11-18(15-21(20)32-2)16-27-24(22-9-6-14-33-22)23(25(29)26(27)30)19(28)12-10-17-7-4-3-5-8-17/h3-9,11,13-15,24,29H,10,12,16H2,1-2H3. The Balaban J connectivity index is 1.62. The molecule has 33 heavy (non-hydrogen) atoms. The molecule has 2 heterocycles. The lowest BCUT2D eigenvalue weighted by molar-refractivity contribution is -0.130. The van der Waals surface area contributed by atoms with Gasteiger partial charge in [0.05, 0.1) is 25.8 Å². The zero-order valence-corrected chi connectivity index (χ0v) is 19.3. The molecule has 170 valence electrons. The molecule has 1 aliphatic heterocycles. The van der Waals surface area contributed by atoms with Crippen molar-refractivity contribution < 1.29 is 24.2 Å². The Morgan fingerprint density at radius 2 is 1.76 bits per heavy atom. The van der Waals surface area contributed by atoms with Crippen LogP contribution in [0.2, 0.25) is 0 Å². The Labute approximate surface area is 196 Å². The van der Waals surface area contributed by atoms with Crippen LogP contribution in [0.25, 0.3) is 0 Å². The van der Waals surface area contributed by atoms with Crippen LogP contribution in [0.4, 0.5) is 0 Å². The van der Waals surface area contributed by atoms with E-state index in [4.69, 9.17) is 9.47 Å². The van der Waals surface area contributed by atoms with Crippen molar-refractivity contribution in [2.75, 3.05) is 14.2 Å². The number of aryl methyl sites for hydroxylation is 1. The van der Waals surface area contributed by atoms with Gasteiger partial charge in [0.15, 0.2) is 23.0 Å². The molecule has 1 unspecified atom stereocenters. The number of amides is 1. The fourth-order valence-electron chi connectivity index (χ4n) is 4.06. The largest absolute Gasteiger partial charge is 0.503 e. The van der Waals surface area contributed by atoms with Crippen LogP contribution in [0.15, 0.2) is 77.4 Å². The minimum absolute atomic E-state index is 0.166. The van der Waals surface area contributed by atoms with E-state index in [2.05, 4.69) is 0 Å². The molecule has 0 spiro atoms. The molecule has 0 radical (unpaired) electrons. The van der Waals surface area contributed by atoms with Gasteiger partial charge >= 0.3 is 0 Å². The third-order valence-electron chi connectivity index (χ3n) is 5.70. The minimum Gasteiger partial charge on any atom is -0.503 e. The highest BCUT2D eigenvalue weighted by Crippen LogP contribution is 2.41. The Hall–Kier alpha value is -3.58. The van der Waals surface area contributed by atoms with Gasteiger partial charge in [0.1, 0.15) is 0 Å². The van der Waals surface area contributed by atoms with E-state index in [-0.39, 0.29) is 24.3 Å². The fourth-order valence-corrected chi connectivity index (χ4v) is 4.90. The number of methoxy groups -OCH3 is 2. The summed E-state index contributed by atoms with van der Waals surface area (Å²) in [7, 11) is 3.11. The first-order chi connectivity index (χ1) is 16.0. The van der Waals surface area contributed by atoms with Crippen molar-refractivity contribution in [3.8, 4) is 11.5 Å². The van der Waals surface area contributed by atoms with Gasteiger partial charge in [0.25, 0.3) is 5.91 Å². The number of thiophene rings is 1. The number of ether oxygens (including phenoxy) is 2. The maximum atomic E-state index is 13.2. The molecule has 0 saturated heterocycles. The highest BCUT2D eigenvalue weighted by molar-refractivity contribution is 7.10. The van der Waals surface area contributed by atoms with Crippen molar-refractivity contribution in [1.82, 2.24) is 4.90 Å². The van der Waals surface area contributed by atoms with E-state index in [0.717, 1.165) is 16.0 Å². The summed E-state index contributed by atoms with van der Waals surface area (Å²) in [6, 6.07) is 18.2. The van der Waals surface area contributed by atoms with Crippen molar-refractivity contribution in [2.45, 2.75) is 25.4 Å². The normalized spacial score (nSPS) is 15.8. The van der Waals surface area contributed by atoms with Crippen LogP contribution in [0.1, 0.15) is 28.5 Å². The minimum atomic E-state index is -0.631. The molecule has 0 aliphatic carbocycles. The van der Waals surface area contributed by atoms with E-state index in [1.54, 1.807) is 26.4 Å². The highest BCUT2D eigenvalue weighted by Gasteiger charge is 2.43. The molecule has 1 aliphatic rings. The molecule has 2 aromatic carbocycles. The summed E-state index contributed by atoms with van der Waals surface area (Å²) in [5.41, 5.74) is 2.00. The van der Waals surface area contributed by atoms with Crippen LogP contribution in [-0.4, -0.2) is 35.9 Å². The number of hydrogen-bond acceptors (Lipinski definition) is 6. The average Bonchev–Trinajstić information content (AvgIpc) is 3.46. The molecule has 6 nitrogen and oxygen atoms in total. The third kappa shape index (κ3) is 4.64. The van der Waals surface area contributed by atoms with Crippen LogP contribution in [0.3, 0.4) is 0 Å². The maximum Gasteiger partial charge on any atom is 0.290 e. The first-order valence-electron chi connectivity index (χ1n) is 10.6. The Morgan fingerprint density at radius 1 is 1.00 bits per heavy atom. The van der Waals surface area contributed by atoms with Gasteiger partial charge in [-0.15, -0.1) is 11.3 Å². The molecule has 1 N–H and O–H groups in total. The third-order valence-corrected chi connectivity index (χ3v) is 6.63. The molecule has 0 bridgehead atoms. The molecule has 1 atom stereocenters. The summed E-state index contributed by atoms with van der Waals surface area (Å²) < 4.78 is 10.7. The monoisotopic (exact) mass is 463 g/mol. The van der Waals surface area contributed by atoms with Crippen molar-refractivity contribution >= 4 is 23.0 Å². The summed E-state index contributed by atoms with van der Waals surface area (Å²) in [5.74, 6) is -0.108. The Bertz CT molecular complexity index is 1170. The predicted molar refractivity (Wildman–Crippen MR) is 127 cm³/mol.